The zero-order valence-electron chi connectivity index (χ0n) is 5.36. The second-order valence-corrected chi connectivity index (χ2v) is 3.74. The lowest BCUT2D eigenvalue weighted by atomic mass is 10.2. The molecule has 0 aliphatic rings. The van der Waals surface area contributed by atoms with Crippen LogP contribution in [0.15, 0.2) is 0 Å². The normalized spacial score (nSPS) is 13.9. The molecule has 1 nitrogen and oxygen atoms in total. The SMILES string of the molecule is CCCCC(I)CN. The van der Waals surface area contributed by atoms with Crippen molar-refractivity contribution in [3.8, 4) is 0 Å². The summed E-state index contributed by atoms with van der Waals surface area (Å²) in [6.45, 7) is 3.04. The minimum absolute atomic E-state index is 0.701. The Bertz CT molecular complexity index is 47.8. The van der Waals surface area contributed by atoms with Crippen LogP contribution in [0, 0.1) is 0 Å². The summed E-state index contributed by atoms with van der Waals surface area (Å²) in [5, 5.41) is 0. The van der Waals surface area contributed by atoms with Crippen LogP contribution < -0.4 is 5.73 Å². The number of nitrogens with two attached hydrogens (primary N) is 1. The van der Waals surface area contributed by atoms with Gasteiger partial charge in [-0.15, -0.1) is 0 Å². The van der Waals surface area contributed by atoms with Crippen LogP contribution >= 0.6 is 22.6 Å². The second-order valence-electron chi connectivity index (χ2n) is 1.98. The predicted molar refractivity (Wildman–Crippen MR) is 46.4 cm³/mol. The smallest absolute Gasteiger partial charge is 0.0232 e. The largest absolute Gasteiger partial charge is 0.329 e. The fourth-order valence-electron chi connectivity index (χ4n) is 0.543. The number of unbranched alkanes of at least 4 members (excludes halogenated alkanes) is 1. The van der Waals surface area contributed by atoms with Gasteiger partial charge in [0, 0.05) is 10.5 Å². The number of halogens is 1. The molecule has 0 saturated carbocycles. The Kier molecular flexibility index (Phi) is 6.32. The van der Waals surface area contributed by atoms with Crippen molar-refractivity contribution in [1.82, 2.24) is 0 Å². The molecule has 0 aliphatic heterocycles. The van der Waals surface area contributed by atoms with Crippen LogP contribution in [-0.2, 0) is 0 Å². The first-order valence-corrected chi connectivity index (χ1v) is 4.40. The van der Waals surface area contributed by atoms with Gasteiger partial charge in [-0.2, -0.15) is 0 Å². The van der Waals surface area contributed by atoms with Crippen LogP contribution in [0.1, 0.15) is 26.2 Å². The van der Waals surface area contributed by atoms with Gasteiger partial charge in [0.05, 0.1) is 0 Å². The fraction of sp³-hybridized carbons (Fsp3) is 1.00. The van der Waals surface area contributed by atoms with Gasteiger partial charge in [0.25, 0.3) is 0 Å². The molecule has 2 N–H and O–H groups in total. The Balaban J connectivity index is 2.86. The monoisotopic (exact) mass is 227 g/mol. The average Bonchev–Trinajstić information content (AvgIpc) is 1.83. The number of rotatable bonds is 4. The Morgan fingerprint density at radius 2 is 2.25 bits per heavy atom. The molecule has 0 spiro atoms. The summed E-state index contributed by atoms with van der Waals surface area (Å²) in [7, 11) is 0. The van der Waals surface area contributed by atoms with E-state index in [0.717, 1.165) is 6.54 Å². The molecule has 0 rings (SSSR count). The highest BCUT2D eigenvalue weighted by molar-refractivity contribution is 14.1. The third-order valence-corrected chi connectivity index (χ3v) is 2.26. The number of hydrogen-bond acceptors (Lipinski definition) is 1. The summed E-state index contributed by atoms with van der Waals surface area (Å²) in [6, 6.07) is 0. The van der Waals surface area contributed by atoms with E-state index in [2.05, 4.69) is 29.5 Å². The zero-order chi connectivity index (χ0) is 6.41. The first-order valence-electron chi connectivity index (χ1n) is 3.15. The highest BCUT2D eigenvalue weighted by Crippen LogP contribution is 2.07. The summed E-state index contributed by atoms with van der Waals surface area (Å²) in [5.41, 5.74) is 5.41. The highest BCUT2D eigenvalue weighted by atomic mass is 127. The maximum atomic E-state index is 5.41. The number of hydrogen-bond donors (Lipinski definition) is 1. The van der Waals surface area contributed by atoms with Crippen LogP contribution in [0.25, 0.3) is 0 Å². The summed E-state index contributed by atoms with van der Waals surface area (Å²) in [5.74, 6) is 0. The van der Waals surface area contributed by atoms with Gasteiger partial charge >= 0.3 is 0 Å². The van der Waals surface area contributed by atoms with Gasteiger partial charge in [-0.25, -0.2) is 0 Å². The molecular weight excluding hydrogens is 213 g/mol. The molecule has 0 radical (unpaired) electrons. The van der Waals surface area contributed by atoms with Gasteiger partial charge in [0.1, 0.15) is 0 Å². The Hall–Kier alpha value is 0.690. The van der Waals surface area contributed by atoms with Crippen molar-refractivity contribution in [3.05, 3.63) is 0 Å². The molecule has 0 aromatic heterocycles. The average molecular weight is 227 g/mol. The summed E-state index contributed by atoms with van der Waals surface area (Å²) < 4.78 is 0.701. The lowest BCUT2D eigenvalue weighted by Gasteiger charge is -2.02. The predicted octanol–water partition coefficient (Wildman–Crippen LogP) is 1.94. The molecule has 0 aliphatic carbocycles. The first kappa shape index (κ1) is 8.69. The first-order chi connectivity index (χ1) is 3.81. The molecule has 0 heterocycles. The molecule has 2 heteroatoms. The quantitative estimate of drug-likeness (QED) is 0.576. The van der Waals surface area contributed by atoms with E-state index in [9.17, 15) is 0 Å². The van der Waals surface area contributed by atoms with Crippen molar-refractivity contribution in [2.45, 2.75) is 30.1 Å². The van der Waals surface area contributed by atoms with Crippen LogP contribution in [0.4, 0.5) is 0 Å². The van der Waals surface area contributed by atoms with Crippen molar-refractivity contribution in [2.24, 2.45) is 5.73 Å². The van der Waals surface area contributed by atoms with Crippen molar-refractivity contribution < 1.29 is 0 Å². The van der Waals surface area contributed by atoms with Crippen molar-refractivity contribution in [1.29, 1.82) is 0 Å². The highest BCUT2D eigenvalue weighted by Gasteiger charge is 1.96. The summed E-state index contributed by atoms with van der Waals surface area (Å²) in [6.07, 6.45) is 3.90. The summed E-state index contributed by atoms with van der Waals surface area (Å²) in [4.78, 5) is 0. The molecule has 1 unspecified atom stereocenters. The van der Waals surface area contributed by atoms with Gasteiger partial charge in [0.15, 0.2) is 0 Å². The minimum Gasteiger partial charge on any atom is -0.329 e. The summed E-state index contributed by atoms with van der Waals surface area (Å²) >= 11 is 2.40. The fourth-order valence-corrected chi connectivity index (χ4v) is 0.984. The van der Waals surface area contributed by atoms with E-state index < -0.39 is 0 Å². The molecule has 0 saturated heterocycles. The zero-order valence-corrected chi connectivity index (χ0v) is 7.52. The molecule has 8 heavy (non-hydrogen) atoms. The van der Waals surface area contributed by atoms with Crippen LogP contribution in [-0.4, -0.2) is 10.5 Å². The van der Waals surface area contributed by atoms with Gasteiger partial charge < -0.3 is 5.73 Å². The van der Waals surface area contributed by atoms with Crippen LogP contribution in [0.2, 0.25) is 0 Å². The molecular formula is C6H14IN. The van der Waals surface area contributed by atoms with Crippen LogP contribution in [0.5, 0.6) is 0 Å². The van der Waals surface area contributed by atoms with Gasteiger partial charge in [0.2, 0.25) is 0 Å². The Morgan fingerprint density at radius 1 is 1.62 bits per heavy atom. The minimum atomic E-state index is 0.701. The van der Waals surface area contributed by atoms with Crippen molar-refractivity contribution >= 4 is 22.6 Å². The van der Waals surface area contributed by atoms with E-state index >= 15 is 0 Å². The Morgan fingerprint density at radius 3 is 2.62 bits per heavy atom. The van der Waals surface area contributed by atoms with Crippen LogP contribution in [0.3, 0.4) is 0 Å². The maximum absolute atomic E-state index is 5.41. The van der Waals surface area contributed by atoms with Gasteiger partial charge in [-0.3, -0.25) is 0 Å². The third kappa shape index (κ3) is 4.84. The topological polar surface area (TPSA) is 26.0 Å². The van der Waals surface area contributed by atoms with E-state index in [-0.39, 0.29) is 0 Å². The Labute approximate surface area is 65.2 Å². The van der Waals surface area contributed by atoms with E-state index in [4.69, 9.17) is 5.73 Å². The molecule has 0 fully saturated rings. The van der Waals surface area contributed by atoms with E-state index in [1.54, 1.807) is 0 Å². The van der Waals surface area contributed by atoms with Gasteiger partial charge in [-0.1, -0.05) is 42.4 Å². The third-order valence-electron chi connectivity index (χ3n) is 1.13. The van der Waals surface area contributed by atoms with E-state index in [0.29, 0.717) is 3.92 Å². The molecule has 0 aromatic carbocycles. The number of alkyl halides is 1. The molecule has 0 aromatic rings. The van der Waals surface area contributed by atoms with Crippen molar-refractivity contribution in [3.63, 3.8) is 0 Å². The lowest BCUT2D eigenvalue weighted by molar-refractivity contribution is 0.702. The second kappa shape index (κ2) is 5.82. The standard InChI is InChI=1S/C6H14IN/c1-2-3-4-6(7)5-8/h6H,2-5,8H2,1H3. The molecule has 0 bridgehead atoms. The maximum Gasteiger partial charge on any atom is 0.0232 e. The lowest BCUT2D eigenvalue weighted by Crippen LogP contribution is -2.12. The molecule has 1 atom stereocenters. The van der Waals surface area contributed by atoms with E-state index in [1.807, 2.05) is 0 Å². The van der Waals surface area contributed by atoms with Gasteiger partial charge in [-0.05, 0) is 6.42 Å². The molecule has 0 amide bonds. The van der Waals surface area contributed by atoms with Crippen molar-refractivity contribution in [2.75, 3.05) is 6.54 Å². The molecule has 50 valence electrons. The van der Waals surface area contributed by atoms with E-state index in [1.165, 1.54) is 19.3 Å².